The van der Waals surface area contributed by atoms with E-state index in [-0.39, 0.29) is 16.7 Å². The van der Waals surface area contributed by atoms with Crippen LogP contribution in [-0.2, 0) is 13.1 Å². The van der Waals surface area contributed by atoms with E-state index in [1.54, 1.807) is 29.1 Å². The average molecular weight is 301 g/mol. The van der Waals surface area contributed by atoms with Crippen molar-refractivity contribution in [3.63, 3.8) is 0 Å². The minimum atomic E-state index is -4.29. The van der Waals surface area contributed by atoms with Gasteiger partial charge in [0.25, 0.3) is 0 Å². The molecule has 20 heavy (non-hydrogen) atoms. The van der Waals surface area contributed by atoms with Crippen LogP contribution in [-0.4, -0.2) is 15.3 Å². The zero-order valence-electron chi connectivity index (χ0n) is 10.8. The maximum atomic E-state index is 12.5. The van der Waals surface area contributed by atoms with Crippen molar-refractivity contribution in [2.24, 2.45) is 0 Å². The summed E-state index contributed by atoms with van der Waals surface area (Å²) in [5.41, 5.74) is -2.89. The highest BCUT2D eigenvalue weighted by molar-refractivity contribution is 8.00. The van der Waals surface area contributed by atoms with Gasteiger partial charge < -0.3 is 5.32 Å². The van der Waals surface area contributed by atoms with Crippen LogP contribution in [0.1, 0.15) is 12.5 Å². The molecule has 0 atom stereocenters. The molecule has 0 amide bonds. The molecule has 2 aromatic rings. The first-order chi connectivity index (χ1) is 9.48. The second-order valence-electron chi connectivity index (χ2n) is 4.10. The molecule has 1 heterocycles. The summed E-state index contributed by atoms with van der Waals surface area (Å²) in [5.74, 6) is 0. The number of aryl methyl sites for hydroxylation is 1. The molecule has 0 unspecified atom stereocenters. The summed E-state index contributed by atoms with van der Waals surface area (Å²) in [6, 6.07) is 6.39. The van der Waals surface area contributed by atoms with Gasteiger partial charge in [0.05, 0.1) is 6.20 Å². The minimum absolute atomic E-state index is 0.111. The molecule has 2 rings (SSSR count). The molecule has 3 nitrogen and oxygen atoms in total. The number of aromatic nitrogens is 2. The van der Waals surface area contributed by atoms with Crippen LogP contribution < -0.4 is 5.32 Å². The van der Waals surface area contributed by atoms with Crippen molar-refractivity contribution >= 4 is 17.4 Å². The van der Waals surface area contributed by atoms with E-state index in [0.29, 0.717) is 12.2 Å². The van der Waals surface area contributed by atoms with Crippen molar-refractivity contribution in [1.29, 1.82) is 0 Å². The number of rotatable bonds is 5. The Balaban J connectivity index is 2.05. The Bertz CT molecular complexity index is 566. The lowest BCUT2D eigenvalue weighted by Crippen LogP contribution is -2.03. The molecular weight excluding hydrogens is 287 g/mol. The molecule has 0 radical (unpaired) electrons. The van der Waals surface area contributed by atoms with Crippen molar-refractivity contribution in [3.8, 4) is 0 Å². The van der Waals surface area contributed by atoms with Gasteiger partial charge in [0, 0.05) is 35.4 Å². The zero-order chi connectivity index (χ0) is 14.6. The zero-order valence-corrected chi connectivity index (χ0v) is 11.6. The lowest BCUT2D eigenvalue weighted by atomic mass is 10.3. The first-order valence-corrected chi connectivity index (χ1v) is 6.89. The summed E-state index contributed by atoms with van der Waals surface area (Å²) < 4.78 is 39.1. The third kappa shape index (κ3) is 4.19. The van der Waals surface area contributed by atoms with Crippen molar-refractivity contribution < 1.29 is 13.2 Å². The standard InChI is InChI=1S/C13H14F3N3S/c1-2-19-9-10(8-18-19)7-17-11-5-3-4-6-12(11)20-13(14,15)16/h3-6,8-9,17H,2,7H2,1H3. The lowest BCUT2D eigenvalue weighted by Gasteiger charge is -2.12. The second-order valence-corrected chi connectivity index (χ2v) is 5.21. The highest BCUT2D eigenvalue weighted by atomic mass is 32.2. The summed E-state index contributed by atoms with van der Waals surface area (Å²) in [5, 5.41) is 7.14. The van der Waals surface area contributed by atoms with E-state index in [1.807, 2.05) is 13.1 Å². The van der Waals surface area contributed by atoms with Gasteiger partial charge in [0.15, 0.2) is 0 Å². The molecule has 0 aliphatic rings. The Hall–Kier alpha value is -1.63. The van der Waals surface area contributed by atoms with Gasteiger partial charge >= 0.3 is 5.51 Å². The van der Waals surface area contributed by atoms with Crippen LogP contribution in [0, 0.1) is 0 Å². The molecule has 0 aliphatic carbocycles. The SMILES string of the molecule is CCn1cc(CNc2ccccc2SC(F)(F)F)cn1. The predicted molar refractivity (Wildman–Crippen MR) is 73.6 cm³/mol. The van der Waals surface area contributed by atoms with Gasteiger partial charge in [-0.2, -0.15) is 18.3 Å². The van der Waals surface area contributed by atoms with Gasteiger partial charge in [-0.25, -0.2) is 0 Å². The number of alkyl halides is 3. The molecule has 0 aliphatic heterocycles. The molecule has 0 fully saturated rings. The first kappa shape index (κ1) is 14.8. The molecule has 1 aromatic carbocycles. The summed E-state index contributed by atoms with van der Waals surface area (Å²) in [4.78, 5) is 0.169. The predicted octanol–water partition coefficient (Wildman–Crippen LogP) is 4.13. The van der Waals surface area contributed by atoms with Crippen molar-refractivity contribution in [2.75, 3.05) is 5.32 Å². The number of anilines is 1. The molecule has 1 aromatic heterocycles. The first-order valence-electron chi connectivity index (χ1n) is 6.08. The van der Waals surface area contributed by atoms with E-state index in [0.717, 1.165) is 12.1 Å². The van der Waals surface area contributed by atoms with Gasteiger partial charge in [-0.1, -0.05) is 12.1 Å². The van der Waals surface area contributed by atoms with Gasteiger partial charge in [0.2, 0.25) is 0 Å². The number of hydrogen-bond acceptors (Lipinski definition) is 3. The number of nitrogens with one attached hydrogen (secondary N) is 1. The molecule has 7 heteroatoms. The van der Waals surface area contributed by atoms with E-state index in [9.17, 15) is 13.2 Å². The lowest BCUT2D eigenvalue weighted by molar-refractivity contribution is -0.0327. The second kappa shape index (κ2) is 6.21. The number of nitrogens with zero attached hydrogens (tertiary/aromatic N) is 2. The van der Waals surface area contributed by atoms with Crippen molar-refractivity contribution in [3.05, 3.63) is 42.2 Å². The molecule has 1 N–H and O–H groups in total. The van der Waals surface area contributed by atoms with Crippen LogP contribution in [0.3, 0.4) is 0 Å². The Morgan fingerprint density at radius 3 is 2.70 bits per heavy atom. The van der Waals surface area contributed by atoms with Gasteiger partial charge in [-0.3, -0.25) is 4.68 Å². The number of hydrogen-bond donors (Lipinski definition) is 1. The van der Waals surface area contributed by atoms with Crippen LogP contribution in [0.2, 0.25) is 0 Å². The number of benzene rings is 1. The molecular formula is C13H14F3N3S. The van der Waals surface area contributed by atoms with Crippen molar-refractivity contribution in [2.45, 2.75) is 30.4 Å². The van der Waals surface area contributed by atoms with Crippen LogP contribution in [0.25, 0.3) is 0 Å². The van der Waals surface area contributed by atoms with Crippen LogP contribution in [0.4, 0.5) is 18.9 Å². The fourth-order valence-corrected chi connectivity index (χ4v) is 2.34. The van der Waals surface area contributed by atoms with E-state index < -0.39 is 5.51 Å². The monoisotopic (exact) mass is 301 g/mol. The molecule has 0 bridgehead atoms. The smallest absolute Gasteiger partial charge is 0.380 e. The maximum Gasteiger partial charge on any atom is 0.446 e. The topological polar surface area (TPSA) is 29.9 Å². The Morgan fingerprint density at radius 2 is 2.05 bits per heavy atom. The van der Waals surface area contributed by atoms with Gasteiger partial charge in [0.1, 0.15) is 0 Å². The highest BCUT2D eigenvalue weighted by Gasteiger charge is 2.30. The molecule has 0 spiro atoms. The van der Waals surface area contributed by atoms with E-state index in [4.69, 9.17) is 0 Å². The summed E-state index contributed by atoms with van der Waals surface area (Å²) in [7, 11) is 0. The number of halogens is 3. The quantitative estimate of drug-likeness (QED) is 0.842. The van der Waals surface area contributed by atoms with Crippen LogP contribution >= 0.6 is 11.8 Å². The Kier molecular flexibility index (Phi) is 4.59. The Labute approximate surface area is 119 Å². The van der Waals surface area contributed by atoms with E-state index in [2.05, 4.69) is 10.4 Å². The van der Waals surface area contributed by atoms with Crippen LogP contribution in [0.15, 0.2) is 41.6 Å². The van der Waals surface area contributed by atoms with E-state index in [1.165, 1.54) is 6.07 Å². The van der Waals surface area contributed by atoms with Gasteiger partial charge in [-0.05, 0) is 30.8 Å². The Morgan fingerprint density at radius 1 is 1.30 bits per heavy atom. The van der Waals surface area contributed by atoms with Crippen molar-refractivity contribution in [1.82, 2.24) is 9.78 Å². The number of thioether (sulfide) groups is 1. The molecule has 0 saturated carbocycles. The molecule has 108 valence electrons. The van der Waals surface area contributed by atoms with E-state index >= 15 is 0 Å². The van der Waals surface area contributed by atoms with Crippen LogP contribution in [0.5, 0.6) is 0 Å². The maximum absolute atomic E-state index is 12.5. The highest BCUT2D eigenvalue weighted by Crippen LogP contribution is 2.40. The number of para-hydroxylation sites is 1. The summed E-state index contributed by atoms with van der Waals surface area (Å²) >= 11 is -0.111. The summed E-state index contributed by atoms with van der Waals surface area (Å²) in [6.45, 7) is 3.18. The normalized spacial score (nSPS) is 11.6. The average Bonchev–Trinajstić information content (AvgIpc) is 2.84. The molecule has 0 saturated heterocycles. The summed E-state index contributed by atoms with van der Waals surface area (Å²) in [6.07, 6.45) is 3.57. The van der Waals surface area contributed by atoms with Gasteiger partial charge in [-0.15, -0.1) is 0 Å². The largest absolute Gasteiger partial charge is 0.446 e. The third-order valence-electron chi connectivity index (χ3n) is 2.61. The minimum Gasteiger partial charge on any atom is -0.380 e. The fraction of sp³-hybridized carbons (Fsp3) is 0.308. The fourth-order valence-electron chi connectivity index (χ4n) is 1.69. The third-order valence-corrected chi connectivity index (χ3v) is 3.41.